The second kappa shape index (κ2) is 5.77. The highest BCUT2D eigenvalue weighted by atomic mass is 16.1. The van der Waals surface area contributed by atoms with Crippen molar-refractivity contribution < 1.29 is 4.79 Å². The Morgan fingerprint density at radius 1 is 1.65 bits per heavy atom. The molecule has 4 heteroatoms. The van der Waals surface area contributed by atoms with Crippen LogP contribution in [0.5, 0.6) is 0 Å². The average molecular weight is 233 g/mol. The van der Waals surface area contributed by atoms with E-state index < -0.39 is 0 Å². The summed E-state index contributed by atoms with van der Waals surface area (Å²) >= 11 is 0. The van der Waals surface area contributed by atoms with Crippen molar-refractivity contribution in [1.82, 2.24) is 15.6 Å². The number of hydrogen-bond donors (Lipinski definition) is 2. The Balaban J connectivity index is 1.77. The average Bonchev–Trinajstić information content (AvgIpc) is 2.81. The zero-order chi connectivity index (χ0) is 12.1. The predicted octanol–water partition coefficient (Wildman–Crippen LogP) is 1.01. The van der Waals surface area contributed by atoms with Crippen molar-refractivity contribution in [2.75, 3.05) is 13.1 Å². The lowest BCUT2D eigenvalue weighted by molar-refractivity contribution is -0.122. The molecule has 1 amide bonds. The lowest BCUT2D eigenvalue weighted by Gasteiger charge is -2.10. The third-order valence-corrected chi connectivity index (χ3v) is 3.25. The van der Waals surface area contributed by atoms with Gasteiger partial charge in [0.25, 0.3) is 0 Å². The second-order valence-corrected chi connectivity index (χ2v) is 4.64. The summed E-state index contributed by atoms with van der Waals surface area (Å²) in [7, 11) is 0. The van der Waals surface area contributed by atoms with E-state index in [-0.39, 0.29) is 5.91 Å². The number of aryl methyl sites for hydroxylation is 1. The van der Waals surface area contributed by atoms with Gasteiger partial charge in [-0.15, -0.1) is 0 Å². The quantitative estimate of drug-likeness (QED) is 0.816. The van der Waals surface area contributed by atoms with E-state index in [1.165, 1.54) is 0 Å². The topological polar surface area (TPSA) is 54.0 Å². The SMILES string of the molecule is Cc1cnccc1CNC(=O)CC1CCNC1. The van der Waals surface area contributed by atoms with Crippen LogP contribution in [-0.4, -0.2) is 24.0 Å². The first-order valence-electron chi connectivity index (χ1n) is 6.12. The predicted molar refractivity (Wildman–Crippen MR) is 66.4 cm³/mol. The minimum atomic E-state index is 0.148. The fourth-order valence-corrected chi connectivity index (χ4v) is 2.12. The molecular formula is C13H19N3O. The number of nitrogens with one attached hydrogen (secondary N) is 2. The molecule has 0 spiro atoms. The summed E-state index contributed by atoms with van der Waals surface area (Å²) in [4.78, 5) is 15.8. The molecule has 1 fully saturated rings. The molecule has 1 aromatic rings. The molecule has 1 saturated heterocycles. The van der Waals surface area contributed by atoms with E-state index in [1.54, 1.807) is 6.20 Å². The first-order chi connectivity index (χ1) is 8.25. The van der Waals surface area contributed by atoms with Crippen LogP contribution in [0.3, 0.4) is 0 Å². The molecule has 0 radical (unpaired) electrons. The fourth-order valence-electron chi connectivity index (χ4n) is 2.12. The number of hydrogen-bond acceptors (Lipinski definition) is 3. The van der Waals surface area contributed by atoms with Crippen molar-refractivity contribution in [3.05, 3.63) is 29.6 Å². The molecule has 2 N–H and O–H groups in total. The normalized spacial score (nSPS) is 19.2. The highest BCUT2D eigenvalue weighted by Crippen LogP contribution is 2.12. The minimum absolute atomic E-state index is 0.148. The highest BCUT2D eigenvalue weighted by Gasteiger charge is 2.17. The number of rotatable bonds is 4. The number of pyridine rings is 1. The number of aromatic nitrogens is 1. The zero-order valence-corrected chi connectivity index (χ0v) is 10.2. The maximum absolute atomic E-state index is 11.7. The molecule has 17 heavy (non-hydrogen) atoms. The zero-order valence-electron chi connectivity index (χ0n) is 10.2. The Labute approximate surface area is 102 Å². The summed E-state index contributed by atoms with van der Waals surface area (Å²) < 4.78 is 0. The van der Waals surface area contributed by atoms with Crippen LogP contribution in [0.1, 0.15) is 24.0 Å². The van der Waals surface area contributed by atoms with E-state index in [9.17, 15) is 4.79 Å². The number of carbonyl (C=O) groups excluding carboxylic acids is 1. The van der Waals surface area contributed by atoms with E-state index in [4.69, 9.17) is 0 Å². The monoisotopic (exact) mass is 233 g/mol. The van der Waals surface area contributed by atoms with Gasteiger partial charge in [-0.25, -0.2) is 0 Å². The molecule has 1 unspecified atom stereocenters. The molecule has 4 nitrogen and oxygen atoms in total. The molecule has 1 atom stereocenters. The van der Waals surface area contributed by atoms with Gasteiger partial charge in [0.15, 0.2) is 0 Å². The molecule has 2 rings (SSSR count). The maximum Gasteiger partial charge on any atom is 0.220 e. The van der Waals surface area contributed by atoms with Crippen LogP contribution in [0, 0.1) is 12.8 Å². The maximum atomic E-state index is 11.7. The number of carbonyl (C=O) groups is 1. The summed E-state index contributed by atoms with van der Waals surface area (Å²) in [6, 6.07) is 1.95. The lowest BCUT2D eigenvalue weighted by atomic mass is 10.0. The third kappa shape index (κ3) is 3.53. The van der Waals surface area contributed by atoms with Crippen molar-refractivity contribution in [3.63, 3.8) is 0 Å². The summed E-state index contributed by atoms with van der Waals surface area (Å²) in [5.74, 6) is 0.656. The number of amides is 1. The molecule has 1 aliphatic rings. The van der Waals surface area contributed by atoms with Crippen molar-refractivity contribution >= 4 is 5.91 Å². The standard InChI is InChI=1S/C13H19N3O/c1-10-7-14-5-3-12(10)9-16-13(17)6-11-2-4-15-8-11/h3,5,7,11,15H,2,4,6,8-9H2,1H3,(H,16,17). The summed E-state index contributed by atoms with van der Waals surface area (Å²) in [5, 5.41) is 6.24. The van der Waals surface area contributed by atoms with Gasteiger partial charge in [-0.2, -0.15) is 0 Å². The van der Waals surface area contributed by atoms with E-state index in [1.807, 2.05) is 19.2 Å². The van der Waals surface area contributed by atoms with E-state index >= 15 is 0 Å². The van der Waals surface area contributed by atoms with Crippen LogP contribution in [0.25, 0.3) is 0 Å². The minimum Gasteiger partial charge on any atom is -0.352 e. The third-order valence-electron chi connectivity index (χ3n) is 3.25. The Morgan fingerprint density at radius 2 is 2.53 bits per heavy atom. The van der Waals surface area contributed by atoms with Gasteiger partial charge in [0.05, 0.1) is 0 Å². The molecule has 0 saturated carbocycles. The van der Waals surface area contributed by atoms with E-state index in [2.05, 4.69) is 15.6 Å². The lowest BCUT2D eigenvalue weighted by Crippen LogP contribution is -2.26. The van der Waals surface area contributed by atoms with E-state index in [0.29, 0.717) is 18.9 Å². The van der Waals surface area contributed by atoms with Crippen molar-refractivity contribution in [2.24, 2.45) is 5.92 Å². The first kappa shape index (κ1) is 12.0. The van der Waals surface area contributed by atoms with Gasteiger partial charge >= 0.3 is 0 Å². The molecule has 92 valence electrons. The van der Waals surface area contributed by atoms with Gasteiger partial charge < -0.3 is 10.6 Å². The van der Waals surface area contributed by atoms with Crippen molar-refractivity contribution in [2.45, 2.75) is 26.3 Å². The largest absolute Gasteiger partial charge is 0.352 e. The summed E-state index contributed by atoms with van der Waals surface area (Å²) in [5.41, 5.74) is 2.26. The van der Waals surface area contributed by atoms with E-state index in [0.717, 1.165) is 30.6 Å². The van der Waals surface area contributed by atoms with Gasteiger partial charge in [-0.1, -0.05) is 0 Å². The van der Waals surface area contributed by atoms with Gasteiger partial charge in [0.1, 0.15) is 0 Å². The molecule has 0 aliphatic carbocycles. The molecular weight excluding hydrogens is 214 g/mol. The molecule has 1 aromatic heterocycles. The Hall–Kier alpha value is -1.42. The van der Waals surface area contributed by atoms with Gasteiger partial charge in [-0.05, 0) is 49.5 Å². The van der Waals surface area contributed by atoms with Crippen molar-refractivity contribution in [1.29, 1.82) is 0 Å². The molecule has 1 aliphatic heterocycles. The van der Waals surface area contributed by atoms with Crippen LogP contribution in [0.2, 0.25) is 0 Å². The van der Waals surface area contributed by atoms with Crippen molar-refractivity contribution in [3.8, 4) is 0 Å². The Bertz CT molecular complexity index is 386. The summed E-state index contributed by atoms with van der Waals surface area (Å²) in [6.45, 7) is 4.63. The smallest absolute Gasteiger partial charge is 0.220 e. The van der Waals surface area contributed by atoms with Crippen LogP contribution in [0.15, 0.2) is 18.5 Å². The van der Waals surface area contributed by atoms with Gasteiger partial charge in [0.2, 0.25) is 5.91 Å². The molecule has 2 heterocycles. The summed E-state index contributed by atoms with van der Waals surface area (Å²) in [6.07, 6.45) is 5.33. The van der Waals surface area contributed by atoms with Gasteiger partial charge in [-0.3, -0.25) is 9.78 Å². The Morgan fingerprint density at radius 3 is 3.24 bits per heavy atom. The van der Waals surface area contributed by atoms with Crippen LogP contribution in [0.4, 0.5) is 0 Å². The van der Waals surface area contributed by atoms with Gasteiger partial charge in [0, 0.05) is 25.4 Å². The second-order valence-electron chi connectivity index (χ2n) is 4.64. The highest BCUT2D eigenvalue weighted by molar-refractivity contribution is 5.76. The molecule has 0 bridgehead atoms. The van der Waals surface area contributed by atoms with Crippen LogP contribution in [-0.2, 0) is 11.3 Å². The Kier molecular flexibility index (Phi) is 4.09. The number of nitrogens with zero attached hydrogens (tertiary/aromatic N) is 1. The fraction of sp³-hybridized carbons (Fsp3) is 0.538. The molecule has 0 aromatic carbocycles. The van der Waals surface area contributed by atoms with Crippen LogP contribution < -0.4 is 10.6 Å². The van der Waals surface area contributed by atoms with Crippen LogP contribution >= 0.6 is 0 Å². The first-order valence-corrected chi connectivity index (χ1v) is 6.12.